The summed E-state index contributed by atoms with van der Waals surface area (Å²) in [4.78, 5) is 19.2. The molecule has 2 aliphatic rings. The standard InChI is InChI=1S/C21H33FN4O2/c1-21(2,26-11-13-28-14-12-26)17-23-20(27)16-25-9-7-24(8-10-25)15-18-5-3-4-6-19(18)22/h3-6H,7-17H2,1-2H3,(H,23,27). The number of halogens is 1. The van der Waals surface area contributed by atoms with Crippen molar-refractivity contribution >= 4 is 5.91 Å². The summed E-state index contributed by atoms with van der Waals surface area (Å²) in [7, 11) is 0. The number of rotatable bonds is 7. The van der Waals surface area contributed by atoms with E-state index in [1.54, 1.807) is 6.07 Å². The predicted molar refractivity (Wildman–Crippen MR) is 108 cm³/mol. The van der Waals surface area contributed by atoms with E-state index in [1.807, 2.05) is 12.1 Å². The summed E-state index contributed by atoms with van der Waals surface area (Å²) in [6.07, 6.45) is 0. The Balaban J connectivity index is 1.37. The number of amides is 1. The van der Waals surface area contributed by atoms with Gasteiger partial charge in [0.05, 0.1) is 19.8 Å². The van der Waals surface area contributed by atoms with E-state index >= 15 is 0 Å². The molecule has 0 unspecified atom stereocenters. The zero-order valence-electron chi connectivity index (χ0n) is 17.1. The van der Waals surface area contributed by atoms with E-state index in [4.69, 9.17) is 4.74 Å². The summed E-state index contributed by atoms with van der Waals surface area (Å²) < 4.78 is 19.2. The quantitative estimate of drug-likeness (QED) is 0.755. The van der Waals surface area contributed by atoms with Crippen LogP contribution in [0.2, 0.25) is 0 Å². The number of carbonyl (C=O) groups excluding carboxylic acids is 1. The van der Waals surface area contributed by atoms with Crippen LogP contribution in [-0.2, 0) is 16.1 Å². The number of ether oxygens (including phenoxy) is 1. The van der Waals surface area contributed by atoms with Gasteiger partial charge in [-0.1, -0.05) is 18.2 Å². The van der Waals surface area contributed by atoms with Gasteiger partial charge in [-0.05, 0) is 19.9 Å². The molecule has 0 spiro atoms. The Hall–Kier alpha value is -1.54. The summed E-state index contributed by atoms with van der Waals surface area (Å²) in [5, 5.41) is 3.10. The zero-order valence-corrected chi connectivity index (χ0v) is 17.1. The molecule has 0 aromatic heterocycles. The molecule has 3 rings (SSSR count). The molecule has 0 atom stereocenters. The fourth-order valence-corrected chi connectivity index (χ4v) is 3.83. The van der Waals surface area contributed by atoms with Crippen LogP contribution >= 0.6 is 0 Å². The second-order valence-electron chi connectivity index (χ2n) is 8.33. The second kappa shape index (κ2) is 9.78. The van der Waals surface area contributed by atoms with Crippen molar-refractivity contribution in [2.24, 2.45) is 0 Å². The van der Waals surface area contributed by atoms with Gasteiger partial charge in [0.2, 0.25) is 5.91 Å². The van der Waals surface area contributed by atoms with Crippen molar-refractivity contribution in [3.05, 3.63) is 35.6 Å². The molecular weight excluding hydrogens is 359 g/mol. The number of carbonyl (C=O) groups is 1. The van der Waals surface area contributed by atoms with Gasteiger partial charge in [0, 0.05) is 63.5 Å². The van der Waals surface area contributed by atoms with E-state index in [-0.39, 0.29) is 17.3 Å². The minimum atomic E-state index is -0.146. The fraction of sp³-hybridized carbons (Fsp3) is 0.667. The van der Waals surface area contributed by atoms with Crippen LogP contribution in [-0.4, -0.2) is 91.7 Å². The Morgan fingerprint density at radius 1 is 1.07 bits per heavy atom. The maximum absolute atomic E-state index is 13.8. The average Bonchev–Trinajstić information content (AvgIpc) is 2.70. The first-order chi connectivity index (χ1) is 13.4. The Labute approximate surface area is 167 Å². The molecule has 0 aliphatic carbocycles. The maximum Gasteiger partial charge on any atom is 0.234 e. The molecule has 2 fully saturated rings. The molecule has 156 valence electrons. The lowest BCUT2D eigenvalue weighted by Gasteiger charge is -2.41. The Morgan fingerprint density at radius 3 is 2.39 bits per heavy atom. The lowest BCUT2D eigenvalue weighted by Crippen LogP contribution is -2.56. The monoisotopic (exact) mass is 392 g/mol. The van der Waals surface area contributed by atoms with Gasteiger partial charge in [0.25, 0.3) is 0 Å². The van der Waals surface area contributed by atoms with Crippen LogP contribution in [0, 0.1) is 5.82 Å². The van der Waals surface area contributed by atoms with E-state index in [2.05, 4.69) is 33.9 Å². The minimum absolute atomic E-state index is 0.0715. The lowest BCUT2D eigenvalue weighted by atomic mass is 10.0. The number of benzene rings is 1. The first kappa shape index (κ1) is 21.2. The highest BCUT2D eigenvalue weighted by molar-refractivity contribution is 5.78. The van der Waals surface area contributed by atoms with Gasteiger partial charge in [-0.2, -0.15) is 0 Å². The van der Waals surface area contributed by atoms with Gasteiger partial charge in [0.1, 0.15) is 5.82 Å². The topological polar surface area (TPSA) is 48.1 Å². The van der Waals surface area contributed by atoms with Crippen molar-refractivity contribution in [2.75, 3.05) is 65.6 Å². The molecular formula is C21H33FN4O2. The summed E-state index contributed by atoms with van der Waals surface area (Å²) in [5.41, 5.74) is 0.664. The first-order valence-corrected chi connectivity index (χ1v) is 10.2. The van der Waals surface area contributed by atoms with E-state index in [9.17, 15) is 9.18 Å². The van der Waals surface area contributed by atoms with Gasteiger partial charge in [-0.15, -0.1) is 0 Å². The largest absolute Gasteiger partial charge is 0.379 e. The van der Waals surface area contributed by atoms with Gasteiger partial charge in [0.15, 0.2) is 0 Å². The van der Waals surface area contributed by atoms with E-state index in [0.717, 1.165) is 58.0 Å². The molecule has 7 heteroatoms. The van der Waals surface area contributed by atoms with Crippen LogP contribution in [0.5, 0.6) is 0 Å². The van der Waals surface area contributed by atoms with Crippen LogP contribution in [0.15, 0.2) is 24.3 Å². The molecule has 2 heterocycles. The van der Waals surface area contributed by atoms with E-state index in [0.29, 0.717) is 19.6 Å². The lowest BCUT2D eigenvalue weighted by molar-refractivity contribution is -0.123. The Bertz CT molecular complexity index is 641. The third-order valence-electron chi connectivity index (χ3n) is 5.77. The third-order valence-corrected chi connectivity index (χ3v) is 5.77. The molecule has 1 aromatic rings. The predicted octanol–water partition coefficient (Wildman–Crippen LogP) is 1.17. The summed E-state index contributed by atoms with van der Waals surface area (Å²) >= 11 is 0. The molecule has 1 N–H and O–H groups in total. The van der Waals surface area contributed by atoms with Crippen LogP contribution in [0.1, 0.15) is 19.4 Å². The van der Waals surface area contributed by atoms with Crippen molar-refractivity contribution in [3.8, 4) is 0 Å². The average molecular weight is 393 g/mol. The maximum atomic E-state index is 13.8. The highest BCUT2D eigenvalue weighted by atomic mass is 19.1. The molecule has 2 aliphatic heterocycles. The molecule has 2 saturated heterocycles. The van der Waals surface area contributed by atoms with Crippen molar-refractivity contribution < 1.29 is 13.9 Å². The van der Waals surface area contributed by atoms with Gasteiger partial charge >= 0.3 is 0 Å². The number of hydrogen-bond donors (Lipinski definition) is 1. The molecule has 6 nitrogen and oxygen atoms in total. The highest BCUT2D eigenvalue weighted by Gasteiger charge is 2.29. The second-order valence-corrected chi connectivity index (χ2v) is 8.33. The van der Waals surface area contributed by atoms with Crippen molar-refractivity contribution in [1.29, 1.82) is 0 Å². The van der Waals surface area contributed by atoms with Crippen LogP contribution in [0.25, 0.3) is 0 Å². The molecule has 0 saturated carbocycles. The number of nitrogens with one attached hydrogen (secondary N) is 1. The van der Waals surface area contributed by atoms with Crippen molar-refractivity contribution in [1.82, 2.24) is 20.0 Å². The fourth-order valence-electron chi connectivity index (χ4n) is 3.83. The summed E-state index contributed by atoms with van der Waals surface area (Å²) in [6.45, 7) is 12.7. The normalized spacial score (nSPS) is 20.2. The smallest absolute Gasteiger partial charge is 0.234 e. The molecule has 1 amide bonds. The number of morpholine rings is 1. The summed E-state index contributed by atoms with van der Waals surface area (Å²) in [6, 6.07) is 6.94. The zero-order chi connectivity index (χ0) is 20.0. The summed E-state index contributed by atoms with van der Waals surface area (Å²) in [5.74, 6) is -0.0731. The van der Waals surface area contributed by atoms with Crippen LogP contribution in [0.3, 0.4) is 0 Å². The molecule has 1 aromatic carbocycles. The SMILES string of the molecule is CC(C)(CNC(=O)CN1CCN(Cc2ccccc2F)CC1)N1CCOCC1. The van der Waals surface area contributed by atoms with Gasteiger partial charge < -0.3 is 10.1 Å². The molecule has 28 heavy (non-hydrogen) atoms. The van der Waals surface area contributed by atoms with Crippen LogP contribution in [0.4, 0.5) is 4.39 Å². The third kappa shape index (κ3) is 5.98. The number of nitrogens with zero attached hydrogens (tertiary/aromatic N) is 3. The van der Waals surface area contributed by atoms with Crippen molar-refractivity contribution in [3.63, 3.8) is 0 Å². The highest BCUT2D eigenvalue weighted by Crippen LogP contribution is 2.15. The first-order valence-electron chi connectivity index (χ1n) is 10.2. The van der Waals surface area contributed by atoms with Crippen molar-refractivity contribution in [2.45, 2.75) is 25.9 Å². The Kier molecular flexibility index (Phi) is 7.40. The Morgan fingerprint density at radius 2 is 1.71 bits per heavy atom. The van der Waals surface area contributed by atoms with Gasteiger partial charge in [-0.3, -0.25) is 19.5 Å². The van der Waals surface area contributed by atoms with E-state index < -0.39 is 0 Å². The van der Waals surface area contributed by atoms with Crippen LogP contribution < -0.4 is 5.32 Å². The van der Waals surface area contributed by atoms with E-state index in [1.165, 1.54) is 6.07 Å². The number of piperazine rings is 1. The van der Waals surface area contributed by atoms with Gasteiger partial charge in [-0.25, -0.2) is 4.39 Å². The minimum Gasteiger partial charge on any atom is -0.379 e. The number of hydrogen-bond acceptors (Lipinski definition) is 5. The molecule has 0 radical (unpaired) electrons. The molecule has 0 bridgehead atoms.